The Balaban J connectivity index is 1.44. The van der Waals surface area contributed by atoms with Crippen LogP contribution in [0.1, 0.15) is 16.5 Å². The number of nitrogens with one attached hydrogen (secondary N) is 1. The van der Waals surface area contributed by atoms with Crippen molar-refractivity contribution in [1.29, 1.82) is 0 Å². The lowest BCUT2D eigenvalue weighted by atomic mass is 10.2. The number of fused-ring (bicyclic) bond motifs is 1. The average molecular weight is 391 g/mol. The second kappa shape index (κ2) is 6.88. The molecule has 0 fully saturated rings. The molecule has 4 rings (SSSR count). The lowest BCUT2D eigenvalue weighted by Gasteiger charge is -2.11. The van der Waals surface area contributed by atoms with Crippen molar-refractivity contribution in [3.8, 4) is 16.4 Å². The van der Waals surface area contributed by atoms with Crippen molar-refractivity contribution in [2.75, 3.05) is 13.2 Å². The predicted molar refractivity (Wildman–Crippen MR) is 97.8 cm³/mol. The van der Waals surface area contributed by atoms with Gasteiger partial charge in [0, 0.05) is 17.8 Å². The molecule has 0 saturated carbocycles. The van der Waals surface area contributed by atoms with Gasteiger partial charge < -0.3 is 14.3 Å². The van der Waals surface area contributed by atoms with Crippen LogP contribution in [-0.4, -0.2) is 26.7 Å². The van der Waals surface area contributed by atoms with Gasteiger partial charge in [0.05, 0.1) is 22.6 Å². The van der Waals surface area contributed by atoms with Gasteiger partial charge in [-0.3, -0.25) is 0 Å². The zero-order valence-electron chi connectivity index (χ0n) is 13.7. The molecule has 1 aliphatic rings. The maximum absolute atomic E-state index is 12.5. The van der Waals surface area contributed by atoms with E-state index in [4.69, 9.17) is 9.15 Å². The summed E-state index contributed by atoms with van der Waals surface area (Å²) in [5.41, 5.74) is 0.884. The molecule has 136 valence electrons. The standard InChI is InChI=1S/C18H17NO5S2/c20-14(17-5-6-18(25-17)16-2-1-8-23-16)11-19-26(21,22)13-3-4-15-12(10-13)7-9-24-15/h1-6,8,10,14,19-20H,7,9,11H2. The van der Waals surface area contributed by atoms with Crippen molar-refractivity contribution >= 4 is 21.4 Å². The highest BCUT2D eigenvalue weighted by Crippen LogP contribution is 2.32. The molecular weight excluding hydrogens is 374 g/mol. The SMILES string of the molecule is O=S(=O)(NCC(O)c1ccc(-c2ccco2)s1)c1ccc2c(c1)CCO2. The number of furan rings is 1. The molecule has 26 heavy (non-hydrogen) atoms. The molecule has 3 aromatic rings. The fraction of sp³-hybridized carbons (Fsp3) is 0.222. The molecule has 3 heterocycles. The van der Waals surface area contributed by atoms with E-state index in [0.29, 0.717) is 17.9 Å². The molecule has 0 amide bonds. The fourth-order valence-electron chi connectivity index (χ4n) is 2.79. The quantitative estimate of drug-likeness (QED) is 0.674. The molecule has 0 radical (unpaired) electrons. The van der Waals surface area contributed by atoms with E-state index < -0.39 is 16.1 Å². The maximum atomic E-state index is 12.5. The van der Waals surface area contributed by atoms with Crippen LogP contribution < -0.4 is 9.46 Å². The van der Waals surface area contributed by atoms with Gasteiger partial charge in [-0.25, -0.2) is 13.1 Å². The predicted octanol–water partition coefficient (Wildman–Crippen LogP) is 2.95. The normalized spacial score (nSPS) is 14.8. The number of hydrogen-bond donors (Lipinski definition) is 2. The highest BCUT2D eigenvalue weighted by atomic mass is 32.2. The van der Waals surface area contributed by atoms with E-state index in [9.17, 15) is 13.5 Å². The zero-order chi connectivity index (χ0) is 18.1. The van der Waals surface area contributed by atoms with Crippen molar-refractivity contribution < 1.29 is 22.7 Å². The molecule has 0 spiro atoms. The van der Waals surface area contributed by atoms with Crippen molar-refractivity contribution in [2.45, 2.75) is 17.4 Å². The Morgan fingerprint density at radius 2 is 2.12 bits per heavy atom. The second-order valence-corrected chi connectivity index (χ2v) is 8.80. The summed E-state index contributed by atoms with van der Waals surface area (Å²) in [5.74, 6) is 1.45. The Labute approximate surface area is 155 Å². The topological polar surface area (TPSA) is 88.8 Å². The summed E-state index contributed by atoms with van der Waals surface area (Å²) >= 11 is 1.37. The Kier molecular flexibility index (Phi) is 4.58. The number of aliphatic hydroxyl groups is 1. The smallest absolute Gasteiger partial charge is 0.240 e. The highest BCUT2D eigenvalue weighted by molar-refractivity contribution is 7.89. The second-order valence-electron chi connectivity index (χ2n) is 5.92. The Morgan fingerprint density at radius 1 is 1.23 bits per heavy atom. The van der Waals surface area contributed by atoms with E-state index in [1.54, 1.807) is 30.5 Å². The minimum absolute atomic E-state index is 0.103. The zero-order valence-corrected chi connectivity index (χ0v) is 15.3. The van der Waals surface area contributed by atoms with Gasteiger partial charge in [0.1, 0.15) is 17.6 Å². The third-order valence-corrected chi connectivity index (χ3v) is 6.78. The summed E-state index contributed by atoms with van der Waals surface area (Å²) < 4.78 is 38.2. The number of aliphatic hydroxyl groups excluding tert-OH is 1. The molecule has 1 unspecified atom stereocenters. The third kappa shape index (κ3) is 3.41. The first-order chi connectivity index (χ1) is 12.5. The van der Waals surface area contributed by atoms with Crippen LogP contribution in [0.4, 0.5) is 0 Å². The van der Waals surface area contributed by atoms with Crippen LogP contribution in [0.5, 0.6) is 5.75 Å². The molecule has 1 aromatic carbocycles. The van der Waals surface area contributed by atoms with Crippen LogP contribution in [0.15, 0.2) is 58.0 Å². The van der Waals surface area contributed by atoms with Crippen molar-refractivity contribution in [1.82, 2.24) is 4.72 Å². The summed E-state index contributed by atoms with van der Waals surface area (Å²) in [4.78, 5) is 1.73. The molecule has 1 atom stereocenters. The van der Waals surface area contributed by atoms with E-state index in [0.717, 1.165) is 22.0 Å². The third-order valence-electron chi connectivity index (χ3n) is 4.16. The van der Waals surface area contributed by atoms with Crippen LogP contribution in [0, 0.1) is 0 Å². The van der Waals surface area contributed by atoms with Crippen LogP contribution in [-0.2, 0) is 16.4 Å². The summed E-state index contributed by atoms with van der Waals surface area (Å²) in [6.45, 7) is 0.468. The first kappa shape index (κ1) is 17.3. The number of thiophene rings is 1. The summed E-state index contributed by atoms with van der Waals surface area (Å²) in [5, 5.41) is 10.3. The van der Waals surface area contributed by atoms with Gasteiger partial charge >= 0.3 is 0 Å². The van der Waals surface area contributed by atoms with Gasteiger partial charge in [-0.05, 0) is 48.0 Å². The lowest BCUT2D eigenvalue weighted by Crippen LogP contribution is -2.28. The van der Waals surface area contributed by atoms with Gasteiger partial charge in [-0.1, -0.05) is 0 Å². The number of benzene rings is 1. The number of ether oxygens (including phenoxy) is 1. The van der Waals surface area contributed by atoms with E-state index in [1.807, 2.05) is 12.1 Å². The molecule has 2 aromatic heterocycles. The largest absolute Gasteiger partial charge is 0.493 e. The highest BCUT2D eigenvalue weighted by Gasteiger charge is 2.21. The minimum atomic E-state index is -3.70. The minimum Gasteiger partial charge on any atom is -0.493 e. The molecule has 0 saturated heterocycles. The molecule has 8 heteroatoms. The Bertz CT molecular complexity index is 1010. The van der Waals surface area contributed by atoms with Gasteiger partial charge in [-0.15, -0.1) is 11.3 Å². The summed E-state index contributed by atoms with van der Waals surface area (Å²) in [6.07, 6.45) is 1.35. The lowest BCUT2D eigenvalue weighted by molar-refractivity contribution is 0.186. The maximum Gasteiger partial charge on any atom is 0.240 e. The van der Waals surface area contributed by atoms with Crippen molar-refractivity contribution in [2.24, 2.45) is 0 Å². The molecule has 2 N–H and O–H groups in total. The van der Waals surface area contributed by atoms with E-state index in [1.165, 1.54) is 17.4 Å². The summed E-state index contributed by atoms with van der Waals surface area (Å²) in [7, 11) is -3.70. The van der Waals surface area contributed by atoms with Crippen molar-refractivity contribution in [3.05, 3.63) is 59.2 Å². The summed E-state index contributed by atoms with van der Waals surface area (Å²) in [6, 6.07) is 12.0. The fourth-order valence-corrected chi connectivity index (χ4v) is 4.84. The van der Waals surface area contributed by atoms with Gasteiger partial charge in [-0.2, -0.15) is 0 Å². The first-order valence-corrected chi connectivity index (χ1v) is 10.4. The Morgan fingerprint density at radius 3 is 2.92 bits per heavy atom. The average Bonchev–Trinajstić information content (AvgIpc) is 3.39. The first-order valence-electron chi connectivity index (χ1n) is 8.10. The van der Waals surface area contributed by atoms with Crippen LogP contribution >= 0.6 is 11.3 Å². The van der Waals surface area contributed by atoms with Crippen molar-refractivity contribution in [3.63, 3.8) is 0 Å². The monoisotopic (exact) mass is 391 g/mol. The van der Waals surface area contributed by atoms with E-state index in [-0.39, 0.29) is 11.4 Å². The van der Waals surface area contributed by atoms with Gasteiger partial charge in [0.2, 0.25) is 10.0 Å². The van der Waals surface area contributed by atoms with Crippen LogP contribution in [0.25, 0.3) is 10.6 Å². The molecule has 0 bridgehead atoms. The number of sulfonamides is 1. The molecule has 0 aliphatic carbocycles. The van der Waals surface area contributed by atoms with Crippen LogP contribution in [0.3, 0.4) is 0 Å². The van der Waals surface area contributed by atoms with Gasteiger partial charge in [0.15, 0.2) is 0 Å². The Hall–Kier alpha value is -2.13. The van der Waals surface area contributed by atoms with Crippen LogP contribution in [0.2, 0.25) is 0 Å². The molecule has 6 nitrogen and oxygen atoms in total. The van der Waals surface area contributed by atoms with Gasteiger partial charge in [0.25, 0.3) is 0 Å². The number of rotatable bonds is 6. The van der Waals surface area contributed by atoms with E-state index >= 15 is 0 Å². The molecule has 1 aliphatic heterocycles. The molecular formula is C18H17NO5S2. The van der Waals surface area contributed by atoms with E-state index in [2.05, 4.69) is 4.72 Å². The number of hydrogen-bond acceptors (Lipinski definition) is 6.